The van der Waals surface area contributed by atoms with Crippen molar-refractivity contribution < 1.29 is 14.3 Å². The lowest BCUT2D eigenvalue weighted by molar-refractivity contribution is -0.147. The van der Waals surface area contributed by atoms with Crippen LogP contribution in [0, 0.1) is 11.7 Å². The fourth-order valence-corrected chi connectivity index (χ4v) is 7.66. The van der Waals surface area contributed by atoms with Gasteiger partial charge in [0.05, 0.1) is 21.5 Å². The highest BCUT2D eigenvalue weighted by Gasteiger charge is 2.35. The highest BCUT2D eigenvalue weighted by atomic mass is 32.1. The second kappa shape index (κ2) is 9.71. The molecule has 6 rings (SSSR count). The Labute approximate surface area is 216 Å². The van der Waals surface area contributed by atoms with Gasteiger partial charge in [-0.1, -0.05) is 49.6 Å². The van der Waals surface area contributed by atoms with Crippen molar-refractivity contribution in [3.8, 4) is 10.4 Å². The normalized spacial score (nSPS) is 19.4. The van der Waals surface area contributed by atoms with Crippen LogP contribution in [0.15, 0.2) is 42.5 Å². The molecule has 2 aromatic carbocycles. The molecule has 3 aromatic rings. The topological polar surface area (TPSA) is 53.4 Å². The highest BCUT2D eigenvalue weighted by Crippen LogP contribution is 2.44. The Hall–Kier alpha value is -2.57. The minimum atomic E-state index is -0.683. The first-order chi connectivity index (χ1) is 17.5. The van der Waals surface area contributed by atoms with Crippen LogP contribution in [0.1, 0.15) is 65.9 Å². The van der Waals surface area contributed by atoms with Crippen LogP contribution in [-0.2, 0) is 36.0 Å². The van der Waals surface area contributed by atoms with Crippen molar-refractivity contribution in [2.75, 3.05) is 13.1 Å². The number of likely N-dealkylation sites (tertiary alicyclic amines) is 1. The first kappa shape index (κ1) is 23.8. The number of carboxylic acid groups (broad SMARTS) is 1. The van der Waals surface area contributed by atoms with Crippen LogP contribution >= 0.6 is 11.3 Å². The molecule has 0 amide bonds. The van der Waals surface area contributed by atoms with E-state index in [0.29, 0.717) is 13.1 Å². The van der Waals surface area contributed by atoms with Crippen molar-refractivity contribution in [3.63, 3.8) is 0 Å². The second-order valence-corrected chi connectivity index (χ2v) is 12.0. The summed E-state index contributed by atoms with van der Waals surface area (Å²) in [5.74, 6) is -1.05. The van der Waals surface area contributed by atoms with Gasteiger partial charge in [0.2, 0.25) is 0 Å². The molecule has 2 aliphatic carbocycles. The molecule has 3 aliphatic rings. The van der Waals surface area contributed by atoms with Crippen LogP contribution in [-0.4, -0.2) is 34.0 Å². The SMILES string of the molecule is O=C(O)C1CN(Cc2ccc3c(c2)CCc2nc(CCC4(c5ccc(F)cc5)CCCCC4)sc2-3)C1. The smallest absolute Gasteiger partial charge is 0.309 e. The average Bonchev–Trinajstić information content (AvgIpc) is 3.29. The average molecular weight is 505 g/mol. The molecular formula is C30H33FN2O2S. The van der Waals surface area contributed by atoms with E-state index in [1.54, 1.807) is 12.1 Å². The number of benzene rings is 2. The summed E-state index contributed by atoms with van der Waals surface area (Å²) in [6, 6.07) is 14.0. The number of fused-ring (bicyclic) bond motifs is 3. The number of nitrogens with zero attached hydrogens (tertiary/aromatic N) is 2. The second-order valence-electron chi connectivity index (χ2n) is 11.0. The Balaban J connectivity index is 1.17. The van der Waals surface area contributed by atoms with Crippen molar-refractivity contribution in [2.45, 2.75) is 69.7 Å². The minimum absolute atomic E-state index is 0.140. The number of thiazole rings is 1. The van der Waals surface area contributed by atoms with Gasteiger partial charge in [0.1, 0.15) is 5.82 Å². The Morgan fingerprint density at radius 3 is 2.61 bits per heavy atom. The molecule has 1 saturated heterocycles. The Morgan fingerprint density at radius 1 is 1.08 bits per heavy atom. The van der Waals surface area contributed by atoms with Crippen LogP contribution in [0.3, 0.4) is 0 Å². The van der Waals surface area contributed by atoms with Crippen LogP contribution in [0.5, 0.6) is 0 Å². The van der Waals surface area contributed by atoms with Crippen molar-refractivity contribution in [2.24, 2.45) is 5.92 Å². The molecule has 2 heterocycles. The number of carboxylic acids is 1. The minimum Gasteiger partial charge on any atom is -0.481 e. The van der Waals surface area contributed by atoms with Gasteiger partial charge in [0.15, 0.2) is 0 Å². The van der Waals surface area contributed by atoms with Gasteiger partial charge < -0.3 is 5.11 Å². The van der Waals surface area contributed by atoms with E-state index in [9.17, 15) is 9.18 Å². The number of rotatable bonds is 7. The standard InChI is InChI=1S/C30H33FN2O2S/c31-24-8-6-23(7-9-24)30(13-2-1-3-14-30)15-12-27-32-26-11-5-21-16-20(4-10-25(21)28(26)36-27)17-33-18-22(19-33)29(34)35/h4,6-10,16,22H,1-3,5,11-15,17-19H2,(H,34,35). The zero-order valence-corrected chi connectivity index (χ0v) is 21.5. The van der Waals surface area contributed by atoms with Gasteiger partial charge in [0.25, 0.3) is 0 Å². The van der Waals surface area contributed by atoms with Crippen LogP contribution in [0.2, 0.25) is 0 Å². The molecule has 1 N–H and O–H groups in total. The van der Waals surface area contributed by atoms with Crippen molar-refractivity contribution in [1.29, 1.82) is 0 Å². The van der Waals surface area contributed by atoms with Crippen LogP contribution < -0.4 is 0 Å². The zero-order chi connectivity index (χ0) is 24.7. The Bertz CT molecular complexity index is 1260. The van der Waals surface area contributed by atoms with E-state index in [2.05, 4.69) is 23.1 Å². The summed E-state index contributed by atoms with van der Waals surface area (Å²) in [7, 11) is 0. The third kappa shape index (κ3) is 4.61. The van der Waals surface area contributed by atoms with E-state index in [4.69, 9.17) is 10.1 Å². The molecule has 1 aromatic heterocycles. The van der Waals surface area contributed by atoms with E-state index in [1.165, 1.54) is 69.9 Å². The molecule has 0 atom stereocenters. The molecule has 0 radical (unpaired) electrons. The Kier molecular flexibility index (Phi) is 6.42. The van der Waals surface area contributed by atoms with Gasteiger partial charge in [-0.25, -0.2) is 9.37 Å². The van der Waals surface area contributed by atoms with E-state index >= 15 is 0 Å². The summed E-state index contributed by atoms with van der Waals surface area (Å²) >= 11 is 1.86. The molecule has 0 bridgehead atoms. The number of hydrogen-bond donors (Lipinski definition) is 1. The molecule has 6 heteroatoms. The lowest BCUT2D eigenvalue weighted by atomic mass is 9.67. The van der Waals surface area contributed by atoms with Crippen LogP contribution in [0.25, 0.3) is 10.4 Å². The predicted molar refractivity (Wildman–Crippen MR) is 141 cm³/mol. The lowest BCUT2D eigenvalue weighted by Crippen LogP contribution is -2.49. The quantitative estimate of drug-likeness (QED) is 0.405. The zero-order valence-electron chi connectivity index (χ0n) is 20.6. The van der Waals surface area contributed by atoms with E-state index in [-0.39, 0.29) is 17.2 Å². The molecule has 188 valence electrons. The summed E-state index contributed by atoms with van der Waals surface area (Å²) in [6.07, 6.45) is 10.2. The van der Waals surface area contributed by atoms with Crippen LogP contribution in [0.4, 0.5) is 4.39 Å². The van der Waals surface area contributed by atoms with Gasteiger partial charge in [-0.3, -0.25) is 9.69 Å². The van der Waals surface area contributed by atoms with Gasteiger partial charge in [-0.2, -0.15) is 0 Å². The summed E-state index contributed by atoms with van der Waals surface area (Å²) in [4.78, 5) is 19.7. The molecule has 1 saturated carbocycles. The number of carbonyl (C=O) groups is 1. The van der Waals surface area contributed by atoms with E-state index < -0.39 is 5.97 Å². The first-order valence-corrected chi connectivity index (χ1v) is 14.1. The van der Waals surface area contributed by atoms with Gasteiger partial charge in [-0.15, -0.1) is 11.3 Å². The summed E-state index contributed by atoms with van der Waals surface area (Å²) in [5.41, 5.74) is 6.65. The van der Waals surface area contributed by atoms with Crippen molar-refractivity contribution in [3.05, 3.63) is 75.7 Å². The van der Waals surface area contributed by atoms with E-state index in [1.807, 2.05) is 23.5 Å². The van der Waals surface area contributed by atoms with Gasteiger partial charge >= 0.3 is 5.97 Å². The molecule has 0 spiro atoms. The summed E-state index contributed by atoms with van der Waals surface area (Å²) < 4.78 is 13.6. The maximum atomic E-state index is 13.6. The summed E-state index contributed by atoms with van der Waals surface area (Å²) in [5, 5.41) is 10.3. The molecule has 36 heavy (non-hydrogen) atoms. The maximum Gasteiger partial charge on any atom is 0.309 e. The molecule has 0 unspecified atom stereocenters. The number of halogens is 1. The van der Waals surface area contributed by atoms with Gasteiger partial charge in [-0.05, 0) is 71.9 Å². The number of hydrogen-bond acceptors (Lipinski definition) is 4. The highest BCUT2D eigenvalue weighted by molar-refractivity contribution is 7.15. The first-order valence-electron chi connectivity index (χ1n) is 13.3. The fourth-order valence-electron chi connectivity index (χ4n) is 6.49. The largest absolute Gasteiger partial charge is 0.481 e. The summed E-state index contributed by atoms with van der Waals surface area (Å²) in [6.45, 7) is 2.12. The third-order valence-corrected chi connectivity index (χ3v) is 9.78. The molecule has 4 nitrogen and oxygen atoms in total. The van der Waals surface area contributed by atoms with Crippen molar-refractivity contribution >= 4 is 17.3 Å². The predicted octanol–water partition coefficient (Wildman–Crippen LogP) is 6.40. The lowest BCUT2D eigenvalue weighted by Gasteiger charge is -2.38. The molecule has 1 aliphatic heterocycles. The maximum absolute atomic E-state index is 13.6. The number of aryl methyl sites for hydroxylation is 3. The monoisotopic (exact) mass is 504 g/mol. The van der Waals surface area contributed by atoms with Gasteiger partial charge in [0, 0.05) is 26.1 Å². The molecular weight excluding hydrogens is 471 g/mol. The Morgan fingerprint density at radius 2 is 1.86 bits per heavy atom. The third-order valence-electron chi connectivity index (χ3n) is 8.58. The van der Waals surface area contributed by atoms with Crippen molar-refractivity contribution in [1.82, 2.24) is 9.88 Å². The van der Waals surface area contributed by atoms with E-state index in [0.717, 1.165) is 32.2 Å². The molecule has 2 fully saturated rings. The number of aliphatic carboxylic acids is 1. The number of aromatic nitrogens is 1. The fraction of sp³-hybridized carbons (Fsp3) is 0.467.